The van der Waals surface area contributed by atoms with Crippen molar-refractivity contribution in [3.05, 3.63) is 54.2 Å². The Bertz CT molecular complexity index is 453. The van der Waals surface area contributed by atoms with Gasteiger partial charge in [0.15, 0.2) is 0 Å². The van der Waals surface area contributed by atoms with Crippen LogP contribution in [0.1, 0.15) is 25.0 Å². The van der Waals surface area contributed by atoms with E-state index in [0.29, 0.717) is 6.42 Å². The summed E-state index contributed by atoms with van der Waals surface area (Å²) < 4.78 is 0. The summed E-state index contributed by atoms with van der Waals surface area (Å²) in [5.41, 5.74) is 1.86. The molecule has 0 saturated heterocycles. The summed E-state index contributed by atoms with van der Waals surface area (Å²) >= 11 is 0. The van der Waals surface area contributed by atoms with Gasteiger partial charge in [0.25, 0.3) is 0 Å². The van der Waals surface area contributed by atoms with Gasteiger partial charge in [-0.15, -0.1) is 0 Å². The Balaban J connectivity index is 2.08. The van der Waals surface area contributed by atoms with E-state index >= 15 is 0 Å². The Morgan fingerprint density at radius 3 is 2.53 bits per heavy atom. The van der Waals surface area contributed by atoms with Crippen LogP contribution >= 0.6 is 0 Å². The molecule has 2 N–H and O–H groups in total. The third kappa shape index (κ3) is 3.04. The Kier molecular flexibility index (Phi) is 3.73. The molecule has 0 fully saturated rings. The standard InChI is InChI=1S/C14H16N2O/c1-2-13(17)11-8-9-14(15-10-11)16-12-6-4-3-5-7-12/h3-10,13,17H,2H2,1H3,(H,15,16)/t13-/m1/s1. The smallest absolute Gasteiger partial charge is 0.130 e. The van der Waals surface area contributed by atoms with Gasteiger partial charge in [-0.1, -0.05) is 31.2 Å². The molecule has 0 amide bonds. The Morgan fingerprint density at radius 1 is 1.18 bits per heavy atom. The number of aliphatic hydroxyl groups excluding tert-OH is 1. The molecule has 1 atom stereocenters. The van der Waals surface area contributed by atoms with Gasteiger partial charge in [-0.25, -0.2) is 4.98 Å². The van der Waals surface area contributed by atoms with E-state index in [1.165, 1.54) is 0 Å². The molecule has 0 aliphatic rings. The molecule has 1 heterocycles. The molecule has 0 unspecified atom stereocenters. The number of hydrogen-bond donors (Lipinski definition) is 2. The van der Waals surface area contributed by atoms with Gasteiger partial charge in [0.05, 0.1) is 6.10 Å². The van der Waals surface area contributed by atoms with Crippen molar-refractivity contribution in [1.82, 2.24) is 4.98 Å². The van der Waals surface area contributed by atoms with Crippen molar-refractivity contribution in [1.29, 1.82) is 0 Å². The first-order chi connectivity index (χ1) is 8.29. The molecule has 17 heavy (non-hydrogen) atoms. The van der Waals surface area contributed by atoms with E-state index < -0.39 is 6.10 Å². The van der Waals surface area contributed by atoms with Crippen molar-refractivity contribution >= 4 is 11.5 Å². The number of anilines is 2. The zero-order valence-electron chi connectivity index (χ0n) is 9.80. The highest BCUT2D eigenvalue weighted by molar-refractivity contribution is 5.55. The van der Waals surface area contributed by atoms with Crippen LogP contribution in [0.3, 0.4) is 0 Å². The maximum Gasteiger partial charge on any atom is 0.130 e. The zero-order valence-corrected chi connectivity index (χ0v) is 9.80. The minimum absolute atomic E-state index is 0.423. The van der Waals surface area contributed by atoms with Crippen LogP contribution < -0.4 is 5.32 Å². The first kappa shape index (κ1) is 11.6. The maximum absolute atomic E-state index is 9.65. The first-order valence-electron chi connectivity index (χ1n) is 5.75. The monoisotopic (exact) mass is 228 g/mol. The van der Waals surface area contributed by atoms with Crippen molar-refractivity contribution in [2.75, 3.05) is 5.32 Å². The topological polar surface area (TPSA) is 45.1 Å². The van der Waals surface area contributed by atoms with Gasteiger partial charge in [-0.3, -0.25) is 0 Å². The second-order valence-corrected chi connectivity index (χ2v) is 3.89. The molecule has 0 bridgehead atoms. The van der Waals surface area contributed by atoms with Crippen LogP contribution in [0.4, 0.5) is 11.5 Å². The van der Waals surface area contributed by atoms with Crippen molar-refractivity contribution in [3.63, 3.8) is 0 Å². The molecule has 88 valence electrons. The molecule has 0 saturated carbocycles. The van der Waals surface area contributed by atoms with Gasteiger partial charge in [0.1, 0.15) is 5.82 Å². The summed E-state index contributed by atoms with van der Waals surface area (Å²) in [6, 6.07) is 13.6. The fourth-order valence-electron chi connectivity index (χ4n) is 1.58. The van der Waals surface area contributed by atoms with Crippen molar-refractivity contribution in [3.8, 4) is 0 Å². The van der Waals surface area contributed by atoms with Gasteiger partial charge in [-0.05, 0) is 30.2 Å². The zero-order chi connectivity index (χ0) is 12.1. The molecule has 3 nitrogen and oxygen atoms in total. The van der Waals surface area contributed by atoms with Crippen molar-refractivity contribution in [2.24, 2.45) is 0 Å². The van der Waals surface area contributed by atoms with Gasteiger partial charge < -0.3 is 10.4 Å². The third-order valence-corrected chi connectivity index (χ3v) is 2.60. The van der Waals surface area contributed by atoms with E-state index in [-0.39, 0.29) is 0 Å². The minimum atomic E-state index is -0.423. The van der Waals surface area contributed by atoms with Crippen LogP contribution in [0.5, 0.6) is 0 Å². The molecule has 1 aromatic heterocycles. The summed E-state index contributed by atoms with van der Waals surface area (Å²) in [5, 5.41) is 12.8. The van der Waals surface area contributed by atoms with E-state index in [2.05, 4.69) is 10.3 Å². The van der Waals surface area contributed by atoms with Crippen LogP contribution in [0.25, 0.3) is 0 Å². The van der Waals surface area contributed by atoms with E-state index in [1.807, 2.05) is 49.4 Å². The molecule has 0 spiro atoms. The number of benzene rings is 1. The summed E-state index contributed by atoms with van der Waals surface area (Å²) in [4.78, 5) is 4.27. The first-order valence-corrected chi connectivity index (χ1v) is 5.75. The predicted molar refractivity (Wildman–Crippen MR) is 69.2 cm³/mol. The summed E-state index contributed by atoms with van der Waals surface area (Å²) in [6.07, 6.45) is 1.99. The molecular weight excluding hydrogens is 212 g/mol. The maximum atomic E-state index is 9.65. The second-order valence-electron chi connectivity index (χ2n) is 3.89. The van der Waals surface area contributed by atoms with E-state index in [4.69, 9.17) is 0 Å². The number of para-hydroxylation sites is 1. The van der Waals surface area contributed by atoms with Crippen LogP contribution in [-0.2, 0) is 0 Å². The number of rotatable bonds is 4. The number of aliphatic hydroxyl groups is 1. The molecule has 0 aliphatic heterocycles. The van der Waals surface area contributed by atoms with E-state index in [1.54, 1.807) is 6.20 Å². The summed E-state index contributed by atoms with van der Waals surface area (Å²) in [5.74, 6) is 0.781. The average molecular weight is 228 g/mol. The molecule has 0 radical (unpaired) electrons. The van der Waals surface area contributed by atoms with Gasteiger partial charge in [0.2, 0.25) is 0 Å². The van der Waals surface area contributed by atoms with Crippen molar-refractivity contribution < 1.29 is 5.11 Å². The molecule has 3 heteroatoms. The molecule has 0 aliphatic carbocycles. The van der Waals surface area contributed by atoms with E-state index in [0.717, 1.165) is 17.1 Å². The Hall–Kier alpha value is -1.87. The number of aromatic nitrogens is 1. The molecule has 1 aromatic carbocycles. The summed E-state index contributed by atoms with van der Waals surface area (Å²) in [6.45, 7) is 1.95. The average Bonchev–Trinajstić information content (AvgIpc) is 2.40. The fraction of sp³-hybridized carbons (Fsp3) is 0.214. The van der Waals surface area contributed by atoms with Gasteiger partial charge in [-0.2, -0.15) is 0 Å². The highest BCUT2D eigenvalue weighted by Gasteiger charge is 2.04. The number of nitrogens with one attached hydrogen (secondary N) is 1. The second kappa shape index (κ2) is 5.46. The lowest BCUT2D eigenvalue weighted by Gasteiger charge is -2.09. The quantitative estimate of drug-likeness (QED) is 0.844. The number of hydrogen-bond acceptors (Lipinski definition) is 3. The Morgan fingerprint density at radius 2 is 1.94 bits per heavy atom. The molecule has 2 rings (SSSR count). The third-order valence-electron chi connectivity index (χ3n) is 2.60. The lowest BCUT2D eigenvalue weighted by molar-refractivity contribution is 0.173. The largest absolute Gasteiger partial charge is 0.388 e. The SMILES string of the molecule is CC[C@@H](O)c1ccc(Nc2ccccc2)nc1. The van der Waals surface area contributed by atoms with E-state index in [9.17, 15) is 5.11 Å². The van der Waals surface area contributed by atoms with Crippen LogP contribution in [0, 0.1) is 0 Å². The highest BCUT2D eigenvalue weighted by Crippen LogP contribution is 2.18. The molecule has 2 aromatic rings. The Labute approximate surface area is 101 Å². The van der Waals surface area contributed by atoms with Crippen LogP contribution in [0.2, 0.25) is 0 Å². The minimum Gasteiger partial charge on any atom is -0.388 e. The lowest BCUT2D eigenvalue weighted by atomic mass is 10.1. The van der Waals surface area contributed by atoms with Gasteiger partial charge >= 0.3 is 0 Å². The van der Waals surface area contributed by atoms with Gasteiger partial charge in [0, 0.05) is 11.9 Å². The lowest BCUT2D eigenvalue weighted by Crippen LogP contribution is -1.98. The van der Waals surface area contributed by atoms with Crippen LogP contribution in [-0.4, -0.2) is 10.1 Å². The number of pyridine rings is 1. The predicted octanol–water partition coefficient (Wildman–Crippen LogP) is 3.27. The number of nitrogens with zero attached hydrogens (tertiary/aromatic N) is 1. The normalized spacial score (nSPS) is 12.1. The molecular formula is C14H16N2O. The van der Waals surface area contributed by atoms with Crippen molar-refractivity contribution in [2.45, 2.75) is 19.4 Å². The fourth-order valence-corrected chi connectivity index (χ4v) is 1.58. The van der Waals surface area contributed by atoms with Crippen LogP contribution in [0.15, 0.2) is 48.7 Å². The highest BCUT2D eigenvalue weighted by atomic mass is 16.3. The summed E-state index contributed by atoms with van der Waals surface area (Å²) in [7, 11) is 0.